The van der Waals surface area contributed by atoms with Crippen LogP contribution < -0.4 is 10.1 Å². The normalized spacial score (nSPS) is 23.6. The number of ether oxygens (including phenoxy) is 1. The van der Waals surface area contributed by atoms with Gasteiger partial charge in [-0.15, -0.1) is 0 Å². The smallest absolute Gasteiger partial charge is 0.274 e. The second-order valence-corrected chi connectivity index (χ2v) is 8.24. The Kier molecular flexibility index (Phi) is 4.48. The number of amides is 1. The third kappa shape index (κ3) is 3.03. The van der Waals surface area contributed by atoms with E-state index in [2.05, 4.69) is 27.4 Å². The number of aliphatic hydroxyl groups is 1. The summed E-state index contributed by atoms with van der Waals surface area (Å²) in [5.41, 5.74) is 3.33. The van der Waals surface area contributed by atoms with Gasteiger partial charge in [0, 0.05) is 37.6 Å². The number of piperidine rings is 1. The van der Waals surface area contributed by atoms with E-state index in [9.17, 15) is 9.90 Å². The fourth-order valence-corrected chi connectivity index (χ4v) is 4.62. The van der Waals surface area contributed by atoms with Gasteiger partial charge in [-0.1, -0.05) is 24.3 Å². The molecule has 1 spiro atoms. The van der Waals surface area contributed by atoms with E-state index in [0.29, 0.717) is 30.3 Å². The first-order valence-corrected chi connectivity index (χ1v) is 10.2. The molecule has 0 aliphatic carbocycles. The number of methoxy groups -OCH3 is 1. The van der Waals surface area contributed by atoms with Crippen molar-refractivity contribution in [1.82, 2.24) is 24.6 Å². The van der Waals surface area contributed by atoms with E-state index >= 15 is 0 Å². The number of carbonyl (C=O) groups excluding carboxylic acids is 1. The van der Waals surface area contributed by atoms with E-state index < -0.39 is 11.6 Å². The number of benzene rings is 1. The van der Waals surface area contributed by atoms with Crippen LogP contribution in [0.4, 0.5) is 0 Å². The minimum absolute atomic E-state index is 0.192. The molecule has 1 aromatic carbocycles. The molecule has 2 atom stereocenters. The molecule has 0 unspecified atom stereocenters. The number of aryl methyl sites for hydroxylation is 1. The quantitative estimate of drug-likeness (QED) is 0.666. The number of likely N-dealkylation sites (tertiary alicyclic amines) is 1. The van der Waals surface area contributed by atoms with Crippen LogP contribution in [0.3, 0.4) is 0 Å². The van der Waals surface area contributed by atoms with Gasteiger partial charge in [0.15, 0.2) is 0 Å². The van der Waals surface area contributed by atoms with Gasteiger partial charge in [0.25, 0.3) is 5.91 Å². The highest BCUT2D eigenvalue weighted by Gasteiger charge is 2.45. The Morgan fingerprint density at radius 1 is 1.27 bits per heavy atom. The molecule has 0 radical (unpaired) electrons. The zero-order valence-corrected chi connectivity index (χ0v) is 17.1. The highest BCUT2D eigenvalue weighted by atomic mass is 16.5. The van der Waals surface area contributed by atoms with Gasteiger partial charge in [-0.2, -0.15) is 4.98 Å². The number of rotatable bonds is 2. The molecule has 0 bridgehead atoms. The van der Waals surface area contributed by atoms with Crippen molar-refractivity contribution in [3.63, 3.8) is 0 Å². The summed E-state index contributed by atoms with van der Waals surface area (Å²) in [6, 6.07) is 8.32. The molecule has 0 saturated carbocycles. The summed E-state index contributed by atoms with van der Waals surface area (Å²) in [4.78, 5) is 23.5. The van der Waals surface area contributed by atoms with Gasteiger partial charge in [-0.3, -0.25) is 9.20 Å². The van der Waals surface area contributed by atoms with Gasteiger partial charge in [0.1, 0.15) is 5.69 Å². The SMILES string of the molecule is COc1nc2nc(C(=O)N3CC[C@]4(Cc5ccccc5CN4)[C@H](O)C3)cn2cc1C. The Bertz CT molecular complexity index is 1130. The van der Waals surface area contributed by atoms with Crippen molar-refractivity contribution in [3.8, 4) is 5.88 Å². The predicted molar refractivity (Wildman–Crippen MR) is 111 cm³/mol. The van der Waals surface area contributed by atoms with Gasteiger partial charge < -0.3 is 20.1 Å². The monoisotopic (exact) mass is 407 g/mol. The first kappa shape index (κ1) is 19.0. The number of hydrogen-bond acceptors (Lipinski definition) is 6. The molecule has 2 aliphatic rings. The summed E-state index contributed by atoms with van der Waals surface area (Å²) < 4.78 is 6.97. The second kappa shape index (κ2) is 7.07. The highest BCUT2D eigenvalue weighted by molar-refractivity contribution is 5.93. The molecule has 3 aromatic rings. The Labute approximate surface area is 174 Å². The lowest BCUT2D eigenvalue weighted by Gasteiger charge is -2.48. The molecule has 4 heterocycles. The number of aliphatic hydroxyl groups excluding tert-OH is 1. The Balaban J connectivity index is 1.35. The number of aromatic nitrogens is 3. The van der Waals surface area contributed by atoms with Gasteiger partial charge in [0.05, 0.1) is 18.8 Å². The third-order valence-corrected chi connectivity index (χ3v) is 6.40. The predicted octanol–water partition coefficient (Wildman–Crippen LogP) is 1.34. The molecule has 2 aliphatic heterocycles. The van der Waals surface area contributed by atoms with Crippen molar-refractivity contribution in [3.05, 3.63) is 59.0 Å². The molecule has 8 nitrogen and oxygen atoms in total. The lowest BCUT2D eigenvalue weighted by Crippen LogP contribution is -2.65. The third-order valence-electron chi connectivity index (χ3n) is 6.40. The number of nitrogens with one attached hydrogen (secondary N) is 1. The number of carbonyl (C=O) groups is 1. The first-order valence-electron chi connectivity index (χ1n) is 10.2. The van der Waals surface area contributed by atoms with Crippen LogP contribution in [0.1, 0.15) is 33.6 Å². The summed E-state index contributed by atoms with van der Waals surface area (Å²) in [7, 11) is 1.56. The maximum atomic E-state index is 13.1. The molecule has 1 fully saturated rings. The second-order valence-electron chi connectivity index (χ2n) is 8.24. The van der Waals surface area contributed by atoms with Crippen LogP contribution in [-0.4, -0.2) is 62.1 Å². The average molecular weight is 407 g/mol. The minimum Gasteiger partial charge on any atom is -0.481 e. The molecule has 5 rings (SSSR count). The van der Waals surface area contributed by atoms with Crippen LogP contribution in [-0.2, 0) is 13.0 Å². The van der Waals surface area contributed by atoms with Crippen LogP contribution in [0.25, 0.3) is 5.78 Å². The van der Waals surface area contributed by atoms with Gasteiger partial charge >= 0.3 is 0 Å². The highest BCUT2D eigenvalue weighted by Crippen LogP contribution is 2.32. The fourth-order valence-electron chi connectivity index (χ4n) is 4.62. The molecule has 1 amide bonds. The molecule has 8 heteroatoms. The van der Waals surface area contributed by atoms with Crippen LogP contribution in [0, 0.1) is 6.92 Å². The average Bonchev–Trinajstić information content (AvgIpc) is 3.17. The summed E-state index contributed by atoms with van der Waals surface area (Å²) in [6.45, 7) is 3.47. The van der Waals surface area contributed by atoms with E-state index in [0.717, 1.165) is 18.5 Å². The zero-order valence-electron chi connectivity index (χ0n) is 17.1. The molecular formula is C22H25N5O3. The van der Waals surface area contributed by atoms with Crippen molar-refractivity contribution in [2.45, 2.75) is 38.0 Å². The maximum absolute atomic E-state index is 13.1. The lowest BCUT2D eigenvalue weighted by atomic mass is 9.76. The van der Waals surface area contributed by atoms with Gasteiger partial charge in [-0.05, 0) is 30.9 Å². The van der Waals surface area contributed by atoms with Crippen molar-refractivity contribution >= 4 is 11.7 Å². The standard InChI is InChI=1S/C22H25N5O3/c1-14-11-27-12-17(24-21(27)25-19(14)30-2)20(29)26-8-7-22(18(28)13-26)9-15-5-3-4-6-16(15)10-23-22/h3-6,11-12,18,23,28H,7-10,13H2,1-2H3/t18-,22+/m1/s1. The largest absolute Gasteiger partial charge is 0.481 e. The van der Waals surface area contributed by atoms with Crippen LogP contribution in [0.2, 0.25) is 0 Å². The topological polar surface area (TPSA) is 92.0 Å². The number of fused-ring (bicyclic) bond motifs is 2. The van der Waals surface area contributed by atoms with Crippen LogP contribution in [0.5, 0.6) is 5.88 Å². The lowest BCUT2D eigenvalue weighted by molar-refractivity contribution is -0.0140. The molecule has 2 N–H and O–H groups in total. The Hall–Kier alpha value is -2.97. The summed E-state index contributed by atoms with van der Waals surface area (Å²) in [6.07, 6.45) is 4.33. The Morgan fingerprint density at radius 2 is 2.07 bits per heavy atom. The summed E-state index contributed by atoms with van der Waals surface area (Å²) in [5.74, 6) is 0.716. The van der Waals surface area contributed by atoms with E-state index in [1.807, 2.05) is 25.3 Å². The minimum atomic E-state index is -0.652. The van der Waals surface area contributed by atoms with Crippen molar-refractivity contribution in [1.29, 1.82) is 0 Å². The molecule has 2 aromatic heterocycles. The molecule has 30 heavy (non-hydrogen) atoms. The Morgan fingerprint density at radius 3 is 2.83 bits per heavy atom. The van der Waals surface area contributed by atoms with Crippen molar-refractivity contribution < 1.29 is 14.6 Å². The van der Waals surface area contributed by atoms with E-state index in [1.54, 1.807) is 22.6 Å². The van der Waals surface area contributed by atoms with Crippen molar-refractivity contribution in [2.75, 3.05) is 20.2 Å². The first-order chi connectivity index (χ1) is 14.5. The van der Waals surface area contributed by atoms with E-state index in [-0.39, 0.29) is 12.5 Å². The van der Waals surface area contributed by atoms with Crippen molar-refractivity contribution in [2.24, 2.45) is 0 Å². The fraction of sp³-hybridized carbons (Fsp3) is 0.409. The molecular weight excluding hydrogens is 382 g/mol. The van der Waals surface area contributed by atoms with E-state index in [1.165, 1.54) is 11.1 Å². The van der Waals surface area contributed by atoms with Gasteiger partial charge in [-0.25, -0.2) is 4.98 Å². The number of hydrogen-bond donors (Lipinski definition) is 2. The zero-order chi connectivity index (χ0) is 20.9. The maximum Gasteiger partial charge on any atom is 0.274 e. The molecule has 156 valence electrons. The summed E-state index contributed by atoms with van der Waals surface area (Å²) in [5, 5.41) is 14.6. The number of β-amino-alcohol motifs (C(OH)–C–C–N with tert-alkyl or cyclic N) is 1. The van der Waals surface area contributed by atoms with E-state index in [4.69, 9.17) is 4.74 Å². The van der Waals surface area contributed by atoms with Crippen LogP contribution >= 0.6 is 0 Å². The summed E-state index contributed by atoms with van der Waals surface area (Å²) >= 11 is 0. The van der Waals surface area contributed by atoms with Crippen LogP contribution in [0.15, 0.2) is 36.7 Å². The molecule has 1 saturated heterocycles. The number of nitrogens with zero attached hydrogens (tertiary/aromatic N) is 4. The number of imidazole rings is 1. The van der Waals surface area contributed by atoms with Gasteiger partial charge in [0.2, 0.25) is 11.7 Å².